The Morgan fingerprint density at radius 1 is 0.489 bits per heavy atom. The number of nitrogens with zero attached hydrogens (tertiary/aromatic N) is 1. The Bertz CT molecular complexity index is 2380. The van der Waals surface area contributed by atoms with Crippen LogP contribution in [-0.2, 0) is 0 Å². The van der Waals surface area contributed by atoms with E-state index in [4.69, 9.17) is 9.41 Å². The molecule has 2 heterocycles. The van der Waals surface area contributed by atoms with Gasteiger partial charge in [-0.05, 0) is 57.0 Å². The summed E-state index contributed by atoms with van der Waals surface area (Å²) in [5, 5.41) is 8.58. The molecule has 45 heavy (non-hydrogen) atoms. The zero-order valence-corrected chi connectivity index (χ0v) is 24.4. The van der Waals surface area contributed by atoms with Crippen LogP contribution in [0.15, 0.2) is 167 Å². The Hall–Kier alpha value is -5.93. The number of hydrogen-bond donors (Lipinski definition) is 1. The van der Waals surface area contributed by atoms with Gasteiger partial charge in [0.2, 0.25) is 0 Å². The predicted molar refractivity (Wildman–Crippen MR) is 188 cm³/mol. The molecule has 1 aliphatic heterocycles. The van der Waals surface area contributed by atoms with Gasteiger partial charge < -0.3 is 9.73 Å². The van der Waals surface area contributed by atoms with Crippen LogP contribution in [0.5, 0.6) is 0 Å². The predicted octanol–water partition coefficient (Wildman–Crippen LogP) is 11.4. The van der Waals surface area contributed by atoms with E-state index in [0.29, 0.717) is 0 Å². The lowest BCUT2D eigenvalue weighted by atomic mass is 9.91. The standard InChI is InChI=1S/C42H28N2O/c1-2-9-27(10-3-1)28-17-21-31(22-18-28)40-41(44-42-34-12-5-4-11-29(34)25-26-36(42)43-40)32-23-19-30(20-24-32)33-14-8-16-38-39(33)35-13-6-7-15-37(35)45-38/h1-26,41,44H. The van der Waals surface area contributed by atoms with Gasteiger partial charge in [0.1, 0.15) is 11.2 Å². The number of anilines is 1. The van der Waals surface area contributed by atoms with Gasteiger partial charge in [-0.25, -0.2) is 4.99 Å². The molecule has 0 spiro atoms. The smallest absolute Gasteiger partial charge is 0.136 e. The van der Waals surface area contributed by atoms with Crippen molar-refractivity contribution in [3.63, 3.8) is 0 Å². The third kappa shape index (κ3) is 4.32. The molecule has 1 aliphatic rings. The first kappa shape index (κ1) is 25.6. The Balaban J connectivity index is 1.15. The molecule has 0 fully saturated rings. The maximum atomic E-state index is 6.18. The Morgan fingerprint density at radius 3 is 2.00 bits per heavy atom. The Morgan fingerprint density at radius 2 is 1.16 bits per heavy atom. The fraction of sp³-hybridized carbons (Fsp3) is 0.0238. The summed E-state index contributed by atoms with van der Waals surface area (Å²) in [5.41, 5.74) is 11.8. The van der Waals surface area contributed by atoms with Crippen LogP contribution in [-0.4, -0.2) is 5.71 Å². The highest BCUT2D eigenvalue weighted by Crippen LogP contribution is 2.42. The van der Waals surface area contributed by atoms with Crippen molar-refractivity contribution in [3.05, 3.63) is 169 Å². The number of furan rings is 1. The van der Waals surface area contributed by atoms with Crippen molar-refractivity contribution in [2.45, 2.75) is 6.04 Å². The second kappa shape index (κ2) is 10.4. The molecule has 3 nitrogen and oxygen atoms in total. The van der Waals surface area contributed by atoms with Crippen LogP contribution < -0.4 is 5.32 Å². The zero-order chi connectivity index (χ0) is 29.7. The molecule has 3 heteroatoms. The topological polar surface area (TPSA) is 37.5 Å². The lowest BCUT2D eigenvalue weighted by molar-refractivity contribution is 0.669. The molecule has 7 aromatic carbocycles. The molecule has 1 N–H and O–H groups in total. The molecule has 212 valence electrons. The minimum Gasteiger partial charge on any atom is -0.456 e. The van der Waals surface area contributed by atoms with Crippen LogP contribution in [0.1, 0.15) is 17.2 Å². The average molecular weight is 577 g/mol. The van der Waals surface area contributed by atoms with Crippen LogP contribution in [0.3, 0.4) is 0 Å². The summed E-state index contributed by atoms with van der Waals surface area (Å²) in [6.07, 6.45) is 0. The minimum absolute atomic E-state index is 0.120. The number of rotatable bonds is 4. The third-order valence-electron chi connectivity index (χ3n) is 8.96. The molecule has 9 rings (SSSR count). The van der Waals surface area contributed by atoms with Gasteiger partial charge in [-0.3, -0.25) is 0 Å². The largest absolute Gasteiger partial charge is 0.456 e. The molecule has 0 amide bonds. The van der Waals surface area contributed by atoms with Gasteiger partial charge >= 0.3 is 0 Å². The lowest BCUT2D eigenvalue weighted by Gasteiger charge is -2.29. The van der Waals surface area contributed by atoms with Gasteiger partial charge in [0.05, 0.1) is 23.1 Å². The monoisotopic (exact) mass is 576 g/mol. The highest BCUT2D eigenvalue weighted by atomic mass is 16.3. The maximum Gasteiger partial charge on any atom is 0.136 e. The highest BCUT2D eigenvalue weighted by Gasteiger charge is 2.27. The summed E-state index contributed by atoms with van der Waals surface area (Å²) in [5.74, 6) is 0. The molecule has 0 aliphatic carbocycles. The quantitative estimate of drug-likeness (QED) is 0.226. The van der Waals surface area contributed by atoms with E-state index in [0.717, 1.165) is 55.7 Å². The van der Waals surface area contributed by atoms with Gasteiger partial charge in [0.25, 0.3) is 0 Å². The number of para-hydroxylation sites is 1. The number of fused-ring (bicyclic) bond motifs is 6. The van der Waals surface area contributed by atoms with Crippen LogP contribution in [0, 0.1) is 0 Å². The first-order valence-corrected chi connectivity index (χ1v) is 15.3. The van der Waals surface area contributed by atoms with Crippen LogP contribution in [0.2, 0.25) is 0 Å². The van der Waals surface area contributed by atoms with Crippen molar-refractivity contribution in [1.82, 2.24) is 0 Å². The van der Waals surface area contributed by atoms with Gasteiger partial charge in [0.15, 0.2) is 0 Å². The second-order valence-corrected chi connectivity index (χ2v) is 11.6. The van der Waals surface area contributed by atoms with Crippen molar-refractivity contribution in [1.29, 1.82) is 0 Å². The number of nitrogens with one attached hydrogen (secondary N) is 1. The molecule has 0 bridgehead atoms. The number of hydrogen-bond acceptors (Lipinski definition) is 3. The molecule has 1 atom stereocenters. The van der Waals surface area contributed by atoms with Crippen molar-refractivity contribution >= 4 is 49.8 Å². The summed E-state index contributed by atoms with van der Waals surface area (Å²) >= 11 is 0. The fourth-order valence-electron chi connectivity index (χ4n) is 6.72. The molecule has 0 saturated heterocycles. The number of aliphatic imine (C=N–C) groups is 1. The van der Waals surface area contributed by atoms with Crippen molar-refractivity contribution in [2.24, 2.45) is 4.99 Å². The first-order chi connectivity index (χ1) is 22.3. The van der Waals surface area contributed by atoms with Crippen molar-refractivity contribution in [2.75, 3.05) is 5.32 Å². The Labute approximate surface area is 261 Å². The van der Waals surface area contributed by atoms with E-state index < -0.39 is 0 Å². The van der Waals surface area contributed by atoms with E-state index in [1.165, 1.54) is 27.5 Å². The van der Waals surface area contributed by atoms with Gasteiger partial charge in [-0.2, -0.15) is 0 Å². The second-order valence-electron chi connectivity index (χ2n) is 11.6. The molecular weight excluding hydrogens is 548 g/mol. The molecule has 1 aromatic heterocycles. The molecule has 8 aromatic rings. The van der Waals surface area contributed by atoms with Crippen LogP contribution in [0.4, 0.5) is 11.4 Å². The van der Waals surface area contributed by atoms with E-state index in [-0.39, 0.29) is 6.04 Å². The minimum atomic E-state index is -0.120. The van der Waals surface area contributed by atoms with Crippen molar-refractivity contribution < 1.29 is 4.42 Å². The summed E-state index contributed by atoms with van der Waals surface area (Å²) in [4.78, 5) is 5.32. The van der Waals surface area contributed by atoms with Crippen LogP contribution in [0.25, 0.3) is 55.0 Å². The van der Waals surface area contributed by atoms with E-state index in [9.17, 15) is 0 Å². The van der Waals surface area contributed by atoms with Crippen molar-refractivity contribution in [3.8, 4) is 22.3 Å². The molecule has 0 saturated carbocycles. The SMILES string of the molecule is c1ccc(-c2ccc(C3=Nc4ccc5ccccc5c4NC3c3ccc(-c4cccc5oc6ccccc6c45)cc3)cc2)cc1. The van der Waals surface area contributed by atoms with Crippen LogP contribution >= 0.6 is 0 Å². The van der Waals surface area contributed by atoms with E-state index in [2.05, 4.69) is 145 Å². The van der Waals surface area contributed by atoms with E-state index >= 15 is 0 Å². The summed E-state index contributed by atoms with van der Waals surface area (Å²) < 4.78 is 6.18. The van der Waals surface area contributed by atoms with Gasteiger partial charge in [0, 0.05) is 16.2 Å². The first-order valence-electron chi connectivity index (χ1n) is 15.3. The van der Waals surface area contributed by atoms with Gasteiger partial charge in [-0.1, -0.05) is 140 Å². The summed E-state index contributed by atoms with van der Waals surface area (Å²) in [7, 11) is 0. The van der Waals surface area contributed by atoms with E-state index in [1.807, 2.05) is 18.2 Å². The van der Waals surface area contributed by atoms with E-state index in [1.54, 1.807) is 0 Å². The third-order valence-corrected chi connectivity index (χ3v) is 8.96. The molecule has 0 radical (unpaired) electrons. The fourth-order valence-corrected chi connectivity index (χ4v) is 6.72. The highest BCUT2D eigenvalue weighted by molar-refractivity contribution is 6.14. The lowest BCUT2D eigenvalue weighted by Crippen LogP contribution is -2.25. The zero-order valence-electron chi connectivity index (χ0n) is 24.4. The summed E-state index contributed by atoms with van der Waals surface area (Å²) in [6, 6.07) is 55.4. The average Bonchev–Trinajstić information content (AvgIpc) is 3.51. The van der Waals surface area contributed by atoms with Gasteiger partial charge in [-0.15, -0.1) is 0 Å². The summed E-state index contributed by atoms with van der Waals surface area (Å²) in [6.45, 7) is 0. The maximum absolute atomic E-state index is 6.18. The Kier molecular flexibility index (Phi) is 5.88. The number of benzene rings is 7. The normalized spacial score (nSPS) is 14.3. The molecular formula is C42H28N2O. The molecule has 1 unspecified atom stereocenters.